The second kappa shape index (κ2) is 7.84. The lowest BCUT2D eigenvalue weighted by atomic mass is 9.99. The largest absolute Gasteiger partial charge is 0.356 e. The van der Waals surface area contributed by atoms with Gasteiger partial charge in [0.15, 0.2) is 5.65 Å². The third-order valence-corrected chi connectivity index (χ3v) is 5.91. The highest BCUT2D eigenvalue weighted by molar-refractivity contribution is 7.88. The second-order valence-corrected chi connectivity index (χ2v) is 9.33. The van der Waals surface area contributed by atoms with E-state index in [4.69, 9.17) is 0 Å². The molecule has 0 bridgehead atoms. The van der Waals surface area contributed by atoms with Crippen LogP contribution in [-0.4, -0.2) is 58.9 Å². The normalized spacial score (nSPS) is 19.8. The number of halogens is 2. The first-order valence-corrected chi connectivity index (χ1v) is 11.3. The highest BCUT2D eigenvalue weighted by atomic mass is 32.2. The highest BCUT2D eigenvalue weighted by Gasteiger charge is 2.31. The van der Waals surface area contributed by atoms with Crippen molar-refractivity contribution in [3.8, 4) is 11.4 Å². The number of rotatable bonds is 6. The fourth-order valence-electron chi connectivity index (χ4n) is 3.58. The summed E-state index contributed by atoms with van der Waals surface area (Å²) >= 11 is 0. The SMILES string of the molecule is CC1CN(c2cc(-c3cnc4ccc(C(F)F)nn34)ncn2)CC1CNS(C)(=O)=O. The van der Waals surface area contributed by atoms with Crippen molar-refractivity contribution in [2.75, 3.05) is 30.8 Å². The van der Waals surface area contributed by atoms with E-state index in [0.29, 0.717) is 42.5 Å². The summed E-state index contributed by atoms with van der Waals surface area (Å²) in [6.45, 7) is 3.79. The van der Waals surface area contributed by atoms with Gasteiger partial charge in [-0.1, -0.05) is 6.92 Å². The van der Waals surface area contributed by atoms with Crippen molar-refractivity contribution >= 4 is 21.5 Å². The number of imidazole rings is 1. The summed E-state index contributed by atoms with van der Waals surface area (Å²) in [6, 6.07) is 4.50. The summed E-state index contributed by atoms with van der Waals surface area (Å²) in [7, 11) is -3.25. The number of aromatic nitrogens is 5. The Balaban J connectivity index is 1.59. The first kappa shape index (κ1) is 20.5. The van der Waals surface area contributed by atoms with Crippen LogP contribution in [0.3, 0.4) is 0 Å². The summed E-state index contributed by atoms with van der Waals surface area (Å²) in [5.41, 5.74) is 1.09. The maximum atomic E-state index is 13.0. The van der Waals surface area contributed by atoms with Gasteiger partial charge < -0.3 is 4.90 Å². The zero-order chi connectivity index (χ0) is 21.5. The Kier molecular flexibility index (Phi) is 5.36. The Morgan fingerprint density at radius 1 is 1.23 bits per heavy atom. The van der Waals surface area contributed by atoms with Crippen LogP contribution >= 0.6 is 0 Å². The molecule has 1 saturated heterocycles. The molecule has 1 N–H and O–H groups in total. The molecule has 30 heavy (non-hydrogen) atoms. The van der Waals surface area contributed by atoms with E-state index in [1.54, 1.807) is 6.07 Å². The van der Waals surface area contributed by atoms with Crippen molar-refractivity contribution in [1.29, 1.82) is 0 Å². The van der Waals surface area contributed by atoms with E-state index in [-0.39, 0.29) is 17.5 Å². The minimum atomic E-state index is -3.25. The minimum Gasteiger partial charge on any atom is -0.356 e. The Bertz CT molecular complexity index is 1170. The second-order valence-electron chi connectivity index (χ2n) is 7.50. The zero-order valence-corrected chi connectivity index (χ0v) is 17.2. The summed E-state index contributed by atoms with van der Waals surface area (Å²) < 4.78 is 52.8. The molecule has 4 heterocycles. The fourth-order valence-corrected chi connectivity index (χ4v) is 4.10. The number of nitrogens with zero attached hydrogens (tertiary/aromatic N) is 6. The van der Waals surface area contributed by atoms with Gasteiger partial charge in [0.25, 0.3) is 6.43 Å². The van der Waals surface area contributed by atoms with E-state index in [1.165, 1.54) is 29.2 Å². The molecule has 12 heteroatoms. The van der Waals surface area contributed by atoms with Crippen LogP contribution in [0, 0.1) is 11.8 Å². The van der Waals surface area contributed by atoms with Gasteiger partial charge in [-0.25, -0.2) is 41.4 Å². The van der Waals surface area contributed by atoms with Gasteiger partial charge in [-0.3, -0.25) is 0 Å². The van der Waals surface area contributed by atoms with Crippen LogP contribution in [0.5, 0.6) is 0 Å². The smallest absolute Gasteiger partial charge is 0.282 e. The van der Waals surface area contributed by atoms with E-state index < -0.39 is 16.4 Å². The number of hydrogen-bond acceptors (Lipinski definition) is 7. The predicted octanol–water partition coefficient (Wildman–Crippen LogP) is 1.75. The molecular weight excluding hydrogens is 416 g/mol. The summed E-state index contributed by atoms with van der Waals surface area (Å²) in [5.74, 6) is 1.08. The number of nitrogens with one attached hydrogen (secondary N) is 1. The maximum absolute atomic E-state index is 13.0. The third-order valence-electron chi connectivity index (χ3n) is 5.22. The molecule has 1 aliphatic heterocycles. The maximum Gasteiger partial charge on any atom is 0.282 e. The Labute approximate surface area is 172 Å². The molecule has 2 atom stereocenters. The Hall–Kier alpha value is -2.73. The third kappa shape index (κ3) is 4.24. The number of fused-ring (bicyclic) bond motifs is 1. The van der Waals surface area contributed by atoms with Crippen molar-refractivity contribution in [3.63, 3.8) is 0 Å². The lowest BCUT2D eigenvalue weighted by molar-refractivity contribution is 0.144. The van der Waals surface area contributed by atoms with E-state index in [2.05, 4.69) is 36.6 Å². The zero-order valence-electron chi connectivity index (χ0n) is 16.4. The minimum absolute atomic E-state index is 0.143. The van der Waals surface area contributed by atoms with Crippen LogP contribution in [0.2, 0.25) is 0 Å². The van der Waals surface area contributed by atoms with Crippen molar-refractivity contribution < 1.29 is 17.2 Å². The van der Waals surface area contributed by atoms with Crippen LogP contribution in [0.25, 0.3) is 17.0 Å². The monoisotopic (exact) mass is 437 g/mol. The van der Waals surface area contributed by atoms with E-state index in [9.17, 15) is 17.2 Å². The van der Waals surface area contributed by atoms with Gasteiger partial charge in [0.1, 0.15) is 23.5 Å². The molecule has 1 aliphatic rings. The lowest BCUT2D eigenvalue weighted by Gasteiger charge is -2.18. The van der Waals surface area contributed by atoms with Gasteiger partial charge in [0.2, 0.25) is 10.0 Å². The average molecular weight is 437 g/mol. The van der Waals surface area contributed by atoms with Gasteiger partial charge in [0, 0.05) is 25.7 Å². The molecule has 3 aromatic rings. The quantitative estimate of drug-likeness (QED) is 0.626. The number of sulfonamides is 1. The first-order chi connectivity index (χ1) is 14.2. The molecule has 0 saturated carbocycles. The molecule has 4 rings (SSSR count). The van der Waals surface area contributed by atoms with Gasteiger partial charge >= 0.3 is 0 Å². The van der Waals surface area contributed by atoms with Crippen LogP contribution in [0.4, 0.5) is 14.6 Å². The van der Waals surface area contributed by atoms with Gasteiger partial charge in [-0.05, 0) is 24.0 Å². The number of anilines is 1. The van der Waals surface area contributed by atoms with Gasteiger partial charge in [0.05, 0.1) is 18.1 Å². The van der Waals surface area contributed by atoms with E-state index in [0.717, 1.165) is 6.26 Å². The molecule has 160 valence electrons. The van der Waals surface area contributed by atoms with Crippen LogP contribution in [0.1, 0.15) is 19.0 Å². The lowest BCUT2D eigenvalue weighted by Crippen LogP contribution is -2.31. The average Bonchev–Trinajstić information content (AvgIpc) is 3.29. The van der Waals surface area contributed by atoms with Crippen molar-refractivity contribution in [3.05, 3.63) is 36.4 Å². The standard InChI is InChI=1S/C18H21F2N7O2S/c1-11-8-26(9-12(11)6-24-30(2,28)29)17-5-14(22-10-23-17)15-7-21-16-4-3-13(18(19)20)25-27(15)16/h3-5,7,10-12,18,24H,6,8-9H2,1-2H3. The molecule has 0 aliphatic carbocycles. The van der Waals surface area contributed by atoms with Crippen molar-refractivity contribution in [2.24, 2.45) is 11.8 Å². The van der Waals surface area contributed by atoms with Gasteiger partial charge in [-0.2, -0.15) is 5.10 Å². The first-order valence-electron chi connectivity index (χ1n) is 9.36. The fraction of sp³-hybridized carbons (Fsp3) is 0.444. The van der Waals surface area contributed by atoms with Crippen molar-refractivity contribution in [2.45, 2.75) is 13.3 Å². The van der Waals surface area contributed by atoms with Gasteiger partial charge in [-0.15, -0.1) is 0 Å². The number of hydrogen-bond donors (Lipinski definition) is 1. The predicted molar refractivity (Wildman–Crippen MR) is 107 cm³/mol. The van der Waals surface area contributed by atoms with E-state index in [1.807, 2.05) is 0 Å². The summed E-state index contributed by atoms with van der Waals surface area (Å²) in [4.78, 5) is 14.9. The van der Waals surface area contributed by atoms with Crippen molar-refractivity contribution in [1.82, 2.24) is 29.3 Å². The molecule has 0 radical (unpaired) electrons. The molecule has 1 fully saturated rings. The van der Waals surface area contributed by atoms with Crippen LogP contribution in [-0.2, 0) is 10.0 Å². The summed E-state index contributed by atoms with van der Waals surface area (Å²) in [5, 5.41) is 3.97. The molecular formula is C18H21F2N7O2S. The molecule has 3 aromatic heterocycles. The Morgan fingerprint density at radius 2 is 2.03 bits per heavy atom. The topological polar surface area (TPSA) is 105 Å². The van der Waals surface area contributed by atoms with E-state index >= 15 is 0 Å². The molecule has 0 amide bonds. The molecule has 9 nitrogen and oxygen atoms in total. The molecule has 0 aromatic carbocycles. The molecule has 2 unspecified atom stereocenters. The highest BCUT2D eigenvalue weighted by Crippen LogP contribution is 2.29. The number of alkyl halides is 2. The molecule has 0 spiro atoms. The van der Waals surface area contributed by atoms with Crippen LogP contribution < -0.4 is 9.62 Å². The van der Waals surface area contributed by atoms with Crippen LogP contribution in [0.15, 0.2) is 30.7 Å². The summed E-state index contributed by atoms with van der Waals surface area (Å²) in [6.07, 6.45) is 1.40. The Morgan fingerprint density at radius 3 is 2.77 bits per heavy atom.